The highest BCUT2D eigenvalue weighted by Gasteiger charge is 2.10. The number of nitrogens with zero attached hydrogens (tertiary/aromatic N) is 1. The van der Waals surface area contributed by atoms with Crippen molar-refractivity contribution in [3.63, 3.8) is 0 Å². The molecule has 0 radical (unpaired) electrons. The summed E-state index contributed by atoms with van der Waals surface area (Å²) in [5, 5.41) is 3.30. The second-order valence-electron chi connectivity index (χ2n) is 3.61. The molecule has 4 nitrogen and oxygen atoms in total. The van der Waals surface area contributed by atoms with Gasteiger partial charge in [-0.05, 0) is 13.0 Å². The zero-order chi connectivity index (χ0) is 9.97. The molecule has 14 heavy (non-hydrogen) atoms. The van der Waals surface area contributed by atoms with Gasteiger partial charge in [0.2, 0.25) is 0 Å². The predicted octanol–water partition coefficient (Wildman–Crippen LogP) is 0.0929. The molecule has 4 heteroatoms. The molecule has 1 saturated heterocycles. The maximum Gasteiger partial charge on any atom is 0.250 e. The van der Waals surface area contributed by atoms with Gasteiger partial charge in [0.25, 0.3) is 5.56 Å². The van der Waals surface area contributed by atoms with Crippen molar-refractivity contribution in [3.8, 4) is 0 Å². The summed E-state index contributed by atoms with van der Waals surface area (Å²) in [5.74, 6) is 0. The van der Waals surface area contributed by atoms with E-state index in [1.54, 1.807) is 6.20 Å². The highest BCUT2D eigenvalue weighted by Crippen LogP contribution is 2.12. The van der Waals surface area contributed by atoms with E-state index in [2.05, 4.69) is 15.2 Å². The van der Waals surface area contributed by atoms with Crippen LogP contribution in [0.15, 0.2) is 17.1 Å². The molecule has 0 bridgehead atoms. The van der Waals surface area contributed by atoms with E-state index in [0.29, 0.717) is 0 Å². The van der Waals surface area contributed by atoms with Gasteiger partial charge in [-0.3, -0.25) is 4.79 Å². The Morgan fingerprint density at radius 3 is 2.71 bits per heavy atom. The van der Waals surface area contributed by atoms with E-state index in [4.69, 9.17) is 0 Å². The molecule has 1 aliphatic rings. The number of rotatable bonds is 1. The fraction of sp³-hybridized carbons (Fsp3) is 0.500. The van der Waals surface area contributed by atoms with Crippen LogP contribution in [0.2, 0.25) is 0 Å². The smallest absolute Gasteiger partial charge is 0.250 e. The number of aryl methyl sites for hydroxylation is 1. The van der Waals surface area contributed by atoms with Gasteiger partial charge in [-0.25, -0.2) is 0 Å². The Bertz CT molecular complexity index is 366. The van der Waals surface area contributed by atoms with Crippen molar-refractivity contribution < 1.29 is 0 Å². The van der Waals surface area contributed by atoms with Crippen molar-refractivity contribution in [1.82, 2.24) is 10.3 Å². The number of pyridine rings is 1. The average molecular weight is 193 g/mol. The van der Waals surface area contributed by atoms with Crippen molar-refractivity contribution in [2.24, 2.45) is 0 Å². The highest BCUT2D eigenvalue weighted by molar-refractivity contribution is 5.46. The molecule has 2 N–H and O–H groups in total. The zero-order valence-corrected chi connectivity index (χ0v) is 8.34. The molecule has 0 atom stereocenters. The van der Waals surface area contributed by atoms with Crippen LogP contribution < -0.4 is 15.8 Å². The quantitative estimate of drug-likeness (QED) is 0.664. The Balaban J connectivity index is 2.22. The normalized spacial score (nSPS) is 17.1. The lowest BCUT2D eigenvalue weighted by Gasteiger charge is -2.29. The Morgan fingerprint density at radius 2 is 2.07 bits per heavy atom. The van der Waals surface area contributed by atoms with Gasteiger partial charge in [0.05, 0.1) is 5.69 Å². The molecule has 0 spiro atoms. The Hall–Kier alpha value is -1.29. The van der Waals surface area contributed by atoms with Crippen molar-refractivity contribution in [2.45, 2.75) is 6.92 Å². The van der Waals surface area contributed by atoms with E-state index in [1.807, 2.05) is 13.0 Å². The van der Waals surface area contributed by atoms with Crippen LogP contribution in [-0.4, -0.2) is 31.2 Å². The maximum atomic E-state index is 11.2. The van der Waals surface area contributed by atoms with Gasteiger partial charge in [0, 0.05) is 37.9 Å². The third-order valence-corrected chi connectivity index (χ3v) is 2.56. The van der Waals surface area contributed by atoms with Crippen LogP contribution in [0.4, 0.5) is 5.69 Å². The highest BCUT2D eigenvalue weighted by atomic mass is 16.1. The first-order chi connectivity index (χ1) is 6.77. The molecule has 2 heterocycles. The standard InChI is InChI=1S/C10H15N3O/c1-8-6-9(7-12-10(8)14)13-4-2-11-3-5-13/h6-7,11H,2-5H2,1H3,(H,12,14). The number of hydrogen-bond acceptors (Lipinski definition) is 3. The Kier molecular flexibility index (Phi) is 2.54. The van der Waals surface area contributed by atoms with Crippen molar-refractivity contribution >= 4 is 5.69 Å². The molecule has 0 aliphatic carbocycles. The lowest BCUT2D eigenvalue weighted by atomic mass is 10.2. The van der Waals surface area contributed by atoms with E-state index >= 15 is 0 Å². The van der Waals surface area contributed by atoms with Gasteiger partial charge in [-0.1, -0.05) is 0 Å². The summed E-state index contributed by atoms with van der Waals surface area (Å²) in [6.07, 6.45) is 1.79. The number of hydrogen-bond donors (Lipinski definition) is 2. The van der Waals surface area contributed by atoms with E-state index in [-0.39, 0.29) is 5.56 Å². The van der Waals surface area contributed by atoms with E-state index in [9.17, 15) is 4.79 Å². The number of piperazine rings is 1. The van der Waals surface area contributed by atoms with Crippen LogP contribution >= 0.6 is 0 Å². The lowest BCUT2D eigenvalue weighted by molar-refractivity contribution is 0.588. The van der Waals surface area contributed by atoms with Crippen molar-refractivity contribution in [3.05, 3.63) is 28.2 Å². The van der Waals surface area contributed by atoms with Gasteiger partial charge in [-0.2, -0.15) is 0 Å². The second kappa shape index (κ2) is 3.84. The van der Waals surface area contributed by atoms with Crippen molar-refractivity contribution in [1.29, 1.82) is 0 Å². The number of aromatic amines is 1. The van der Waals surface area contributed by atoms with E-state index < -0.39 is 0 Å². The fourth-order valence-electron chi connectivity index (χ4n) is 1.69. The molecule has 0 unspecified atom stereocenters. The molecule has 0 amide bonds. The zero-order valence-electron chi connectivity index (χ0n) is 8.34. The van der Waals surface area contributed by atoms with Crippen LogP contribution in [0.1, 0.15) is 5.56 Å². The van der Waals surface area contributed by atoms with Crippen LogP contribution in [0.5, 0.6) is 0 Å². The minimum Gasteiger partial charge on any atom is -0.368 e. The molecular weight excluding hydrogens is 178 g/mol. The monoisotopic (exact) mass is 193 g/mol. The fourth-order valence-corrected chi connectivity index (χ4v) is 1.69. The first-order valence-corrected chi connectivity index (χ1v) is 4.92. The summed E-state index contributed by atoms with van der Waals surface area (Å²) >= 11 is 0. The number of H-pyrrole nitrogens is 1. The summed E-state index contributed by atoms with van der Waals surface area (Å²) < 4.78 is 0. The minimum atomic E-state index is 0.00360. The molecule has 76 valence electrons. The molecule has 1 aromatic rings. The van der Waals surface area contributed by atoms with Crippen LogP contribution in [0.3, 0.4) is 0 Å². The first kappa shape index (κ1) is 9.27. The van der Waals surface area contributed by atoms with Gasteiger partial charge in [-0.15, -0.1) is 0 Å². The third-order valence-electron chi connectivity index (χ3n) is 2.56. The molecule has 0 aromatic carbocycles. The van der Waals surface area contributed by atoms with Crippen LogP contribution in [-0.2, 0) is 0 Å². The molecular formula is C10H15N3O. The van der Waals surface area contributed by atoms with Crippen molar-refractivity contribution in [2.75, 3.05) is 31.1 Å². The SMILES string of the molecule is Cc1cc(N2CCNCC2)c[nH]c1=O. The molecule has 1 aliphatic heterocycles. The maximum absolute atomic E-state index is 11.2. The predicted molar refractivity (Wildman–Crippen MR) is 56.9 cm³/mol. The number of aromatic nitrogens is 1. The van der Waals surface area contributed by atoms with Crippen LogP contribution in [0.25, 0.3) is 0 Å². The average Bonchev–Trinajstić information content (AvgIpc) is 2.23. The third kappa shape index (κ3) is 1.80. The Labute approximate surface area is 82.9 Å². The number of anilines is 1. The van der Waals surface area contributed by atoms with Gasteiger partial charge in [0.1, 0.15) is 0 Å². The molecule has 0 saturated carbocycles. The van der Waals surface area contributed by atoms with Gasteiger partial charge >= 0.3 is 0 Å². The first-order valence-electron chi connectivity index (χ1n) is 4.92. The van der Waals surface area contributed by atoms with E-state index in [0.717, 1.165) is 37.4 Å². The summed E-state index contributed by atoms with van der Waals surface area (Å²) in [4.78, 5) is 16.2. The lowest BCUT2D eigenvalue weighted by Crippen LogP contribution is -2.43. The summed E-state index contributed by atoms with van der Waals surface area (Å²) in [6, 6.07) is 1.95. The molecule has 2 rings (SSSR count). The topological polar surface area (TPSA) is 48.1 Å². The van der Waals surface area contributed by atoms with Gasteiger partial charge < -0.3 is 15.2 Å². The minimum absolute atomic E-state index is 0.00360. The molecule has 1 aromatic heterocycles. The second-order valence-corrected chi connectivity index (χ2v) is 3.61. The summed E-state index contributed by atoms with van der Waals surface area (Å²) in [7, 11) is 0. The summed E-state index contributed by atoms with van der Waals surface area (Å²) in [5.41, 5.74) is 1.90. The summed E-state index contributed by atoms with van der Waals surface area (Å²) in [6.45, 7) is 5.87. The van der Waals surface area contributed by atoms with E-state index in [1.165, 1.54) is 0 Å². The number of nitrogens with one attached hydrogen (secondary N) is 2. The van der Waals surface area contributed by atoms with Gasteiger partial charge in [0.15, 0.2) is 0 Å². The molecule has 1 fully saturated rings. The largest absolute Gasteiger partial charge is 0.368 e. The van der Waals surface area contributed by atoms with Crippen LogP contribution in [0, 0.1) is 6.92 Å². The Morgan fingerprint density at radius 1 is 1.36 bits per heavy atom.